The van der Waals surface area contributed by atoms with Gasteiger partial charge in [0.05, 0.1) is 54.0 Å². The van der Waals surface area contributed by atoms with E-state index in [1.165, 1.54) is 16.9 Å². The summed E-state index contributed by atoms with van der Waals surface area (Å²) >= 11 is 3.20. The second kappa shape index (κ2) is 20.0. The lowest BCUT2D eigenvalue weighted by Crippen LogP contribution is -2.59. The molecule has 72 heavy (non-hydrogen) atoms. The van der Waals surface area contributed by atoms with Crippen LogP contribution in [0.1, 0.15) is 113 Å². The lowest BCUT2D eigenvalue weighted by molar-refractivity contribution is -0.144. The number of amides is 4. The molecule has 6 aromatic rings. The number of hydrogen-bond donors (Lipinski definition) is 3. The number of aromatic nitrogens is 4. The van der Waals surface area contributed by atoms with Crippen LogP contribution < -0.4 is 10.6 Å². The van der Waals surface area contributed by atoms with Gasteiger partial charge in [-0.3, -0.25) is 33.5 Å². The third-order valence-electron chi connectivity index (χ3n) is 14.0. The van der Waals surface area contributed by atoms with E-state index in [0.29, 0.717) is 30.2 Å². The number of rotatable bonds is 12. The fourth-order valence-electron chi connectivity index (χ4n) is 9.83. The van der Waals surface area contributed by atoms with Crippen LogP contribution in [0, 0.1) is 33.1 Å². The molecule has 4 amide bonds. The maximum absolute atomic E-state index is 14.4. The number of thiazole rings is 1. The zero-order chi connectivity index (χ0) is 51.3. The second-order valence-electron chi connectivity index (χ2n) is 20.0. The van der Waals surface area contributed by atoms with E-state index in [9.17, 15) is 29.1 Å². The van der Waals surface area contributed by atoms with E-state index in [2.05, 4.69) is 39.7 Å². The fourth-order valence-corrected chi connectivity index (χ4v) is 11.9. The molecule has 9 rings (SSSR count). The quantitative estimate of drug-likeness (QED) is 0.106. The largest absolute Gasteiger partial charge is 0.469 e. The first-order valence-electron chi connectivity index (χ1n) is 24.1. The number of fused-ring (bicyclic) bond motifs is 4. The summed E-state index contributed by atoms with van der Waals surface area (Å²) in [6, 6.07) is 18.6. The number of aliphatic imine (C=N–C) groups is 1. The molecule has 3 aliphatic heterocycles. The van der Waals surface area contributed by atoms with Gasteiger partial charge < -0.3 is 30.3 Å². The average molecular weight is 1010 g/mol. The third kappa shape index (κ3) is 9.74. The highest BCUT2D eigenvalue weighted by Crippen LogP contribution is 2.40. The number of benzene rings is 3. The molecule has 6 heterocycles. The van der Waals surface area contributed by atoms with Crippen LogP contribution in [-0.4, -0.2) is 115 Å². The monoisotopic (exact) mass is 1010 g/mol. The zero-order valence-corrected chi connectivity index (χ0v) is 43.5. The number of aliphatic hydroxyl groups is 1. The molecular weight excluding hydrogens is 951 g/mol. The highest BCUT2D eigenvalue weighted by Gasteiger charge is 2.45. The van der Waals surface area contributed by atoms with Gasteiger partial charge in [0.2, 0.25) is 17.7 Å². The summed E-state index contributed by atoms with van der Waals surface area (Å²) in [4.78, 5) is 83.6. The zero-order valence-electron chi connectivity index (χ0n) is 41.9. The van der Waals surface area contributed by atoms with E-state index in [1.54, 1.807) is 22.7 Å². The van der Waals surface area contributed by atoms with E-state index < -0.39 is 53.3 Å². The van der Waals surface area contributed by atoms with Crippen LogP contribution in [0.2, 0.25) is 0 Å². The first-order valence-corrected chi connectivity index (χ1v) is 25.8. The summed E-state index contributed by atoms with van der Waals surface area (Å²) in [7, 11) is 1.36. The van der Waals surface area contributed by atoms with Crippen LogP contribution in [0.15, 0.2) is 77.2 Å². The van der Waals surface area contributed by atoms with Crippen LogP contribution in [0.25, 0.3) is 26.6 Å². The summed E-state index contributed by atoms with van der Waals surface area (Å²) in [6.07, 6.45) is -0.336. The number of ether oxygens (including phenoxy) is 1. The van der Waals surface area contributed by atoms with E-state index >= 15 is 0 Å². The Hall–Kier alpha value is -6.89. The SMILES string of the molecule is COC(=O)C[C@@H]1N=C(c2ccc(-c3ccc4c(c3)C(=O)N(CC(=O)NC(C(=O)N3C[C@H](O)C[C@H]3C(=O)N[C@@H](C)c3ccc(-c5scnc5C)cc3)C(C)(C)C)CC4)cc2)c2c(sc(C)c2C)-n2c(C)nnc21. The summed E-state index contributed by atoms with van der Waals surface area (Å²) in [5.41, 5.74) is 10.6. The van der Waals surface area contributed by atoms with E-state index in [0.717, 1.165) is 70.7 Å². The summed E-state index contributed by atoms with van der Waals surface area (Å²) in [6.45, 7) is 15.3. The molecule has 1 unspecified atom stereocenters. The Balaban J connectivity index is 0.881. The van der Waals surface area contributed by atoms with Gasteiger partial charge in [-0.05, 0) is 85.9 Å². The van der Waals surface area contributed by atoms with Gasteiger partial charge in [-0.2, -0.15) is 0 Å². The van der Waals surface area contributed by atoms with Gasteiger partial charge in [-0.25, -0.2) is 4.98 Å². The first-order chi connectivity index (χ1) is 34.3. The molecule has 16 nitrogen and oxygen atoms in total. The Morgan fingerprint density at radius 2 is 1.61 bits per heavy atom. The molecule has 5 atom stereocenters. The molecule has 0 saturated carbocycles. The summed E-state index contributed by atoms with van der Waals surface area (Å²) in [5, 5.41) is 26.5. The van der Waals surface area contributed by atoms with Crippen molar-refractivity contribution in [2.24, 2.45) is 10.4 Å². The Kier molecular flexibility index (Phi) is 13.9. The van der Waals surface area contributed by atoms with Crippen molar-refractivity contribution < 1.29 is 33.8 Å². The standard InChI is InChI=1S/C54H59N9O7S2/c1-28-31(4)72-53-45(28)46(57-41(24-44(66)70-9)49-60-59-32(5)63(49)53)36-15-12-34(13-16-36)38-19-14-35-20-21-61(51(68)40(35)22-38)26-43(65)58-48(54(6,7)8)52(69)62-25-39(64)23-42(62)50(67)56-29(2)33-10-17-37(18-11-33)47-30(3)55-27-71-47/h10-19,22,27,29,39,41-42,48,64H,20-21,23-26H2,1-9H3,(H,56,67)(H,58,65)/t29-,39+,41-,42-,48?/m0/s1. The molecule has 1 fully saturated rings. The van der Waals surface area contributed by atoms with Crippen molar-refractivity contribution in [3.8, 4) is 26.6 Å². The highest BCUT2D eigenvalue weighted by atomic mass is 32.1. The van der Waals surface area contributed by atoms with Gasteiger partial charge in [-0.15, -0.1) is 32.9 Å². The number of carbonyl (C=O) groups is 5. The predicted octanol–water partition coefficient (Wildman–Crippen LogP) is 7.18. The van der Waals surface area contributed by atoms with Crippen molar-refractivity contribution in [1.29, 1.82) is 0 Å². The summed E-state index contributed by atoms with van der Waals surface area (Å²) in [5.74, 6) is -0.827. The molecule has 3 aromatic heterocycles. The van der Waals surface area contributed by atoms with Gasteiger partial charge >= 0.3 is 5.97 Å². The molecule has 0 aliphatic carbocycles. The minimum absolute atomic E-state index is 0.00334. The van der Waals surface area contributed by atoms with Crippen molar-refractivity contribution >= 4 is 58.0 Å². The van der Waals surface area contributed by atoms with Crippen molar-refractivity contribution in [2.75, 3.05) is 26.7 Å². The highest BCUT2D eigenvalue weighted by molar-refractivity contribution is 7.15. The van der Waals surface area contributed by atoms with Crippen molar-refractivity contribution in [2.45, 2.75) is 105 Å². The second-order valence-corrected chi connectivity index (χ2v) is 22.0. The predicted molar refractivity (Wildman–Crippen MR) is 276 cm³/mol. The van der Waals surface area contributed by atoms with Crippen LogP contribution in [0.4, 0.5) is 0 Å². The molecule has 374 valence electrons. The number of β-amino-alcohol motifs (C(OH)–C–C–N with tert-alkyl or cyclic N) is 1. The third-order valence-corrected chi connectivity index (χ3v) is 16.2. The maximum atomic E-state index is 14.4. The molecule has 0 bridgehead atoms. The number of aliphatic hydroxyl groups excluding tert-OH is 1. The number of aryl methyl sites for hydroxylation is 3. The molecule has 3 N–H and O–H groups in total. The van der Waals surface area contributed by atoms with Crippen LogP contribution in [0.3, 0.4) is 0 Å². The van der Waals surface area contributed by atoms with Gasteiger partial charge in [0, 0.05) is 41.1 Å². The van der Waals surface area contributed by atoms with Gasteiger partial charge in [-0.1, -0.05) is 81.4 Å². The number of nitrogens with one attached hydrogen (secondary N) is 2. The Bertz CT molecular complexity index is 3130. The average Bonchev–Trinajstić information content (AvgIpc) is 4.13. The van der Waals surface area contributed by atoms with E-state index in [-0.39, 0.29) is 37.9 Å². The van der Waals surface area contributed by atoms with Gasteiger partial charge in [0.1, 0.15) is 29.0 Å². The van der Waals surface area contributed by atoms with Gasteiger partial charge in [0.15, 0.2) is 5.82 Å². The summed E-state index contributed by atoms with van der Waals surface area (Å²) < 4.78 is 7.04. The molecule has 0 radical (unpaired) electrons. The Morgan fingerprint density at radius 1 is 0.917 bits per heavy atom. The molecule has 3 aromatic carbocycles. The number of hydrogen-bond acceptors (Lipinski definition) is 13. The molecular formula is C54H59N9O7S2. The smallest absolute Gasteiger partial charge is 0.308 e. The molecule has 18 heteroatoms. The number of nitrogens with zero attached hydrogens (tertiary/aromatic N) is 7. The van der Waals surface area contributed by atoms with Gasteiger partial charge in [0.25, 0.3) is 5.91 Å². The number of esters is 1. The molecule has 3 aliphatic rings. The maximum Gasteiger partial charge on any atom is 0.308 e. The number of methoxy groups -OCH3 is 1. The number of likely N-dealkylation sites (tertiary alicyclic amines) is 1. The van der Waals surface area contributed by atoms with Crippen molar-refractivity contribution in [3.63, 3.8) is 0 Å². The lowest BCUT2D eigenvalue weighted by Gasteiger charge is -2.36. The van der Waals surface area contributed by atoms with Crippen molar-refractivity contribution in [1.82, 2.24) is 40.2 Å². The van der Waals surface area contributed by atoms with Crippen LogP contribution in [-0.2, 0) is 30.3 Å². The Morgan fingerprint density at radius 3 is 2.29 bits per heavy atom. The molecule has 1 saturated heterocycles. The van der Waals surface area contributed by atoms with Crippen LogP contribution >= 0.6 is 22.7 Å². The normalized spacial score (nSPS) is 18.3. The van der Waals surface area contributed by atoms with E-state index in [1.807, 2.05) is 118 Å². The minimum Gasteiger partial charge on any atom is -0.469 e. The van der Waals surface area contributed by atoms with E-state index in [4.69, 9.17) is 9.73 Å². The number of thiophene rings is 1. The lowest BCUT2D eigenvalue weighted by atomic mass is 9.85. The number of carbonyl (C=O) groups excluding carboxylic acids is 5. The minimum atomic E-state index is -1.06. The first kappa shape index (κ1) is 50.1. The Labute approximate surface area is 426 Å². The fraction of sp³-hybridized carbons (Fsp3) is 0.389. The topological polar surface area (TPSA) is 201 Å². The molecule has 0 spiro atoms. The van der Waals surface area contributed by atoms with Crippen molar-refractivity contribution in [3.05, 3.63) is 128 Å². The van der Waals surface area contributed by atoms with Crippen LogP contribution in [0.5, 0.6) is 0 Å².